The van der Waals surface area contributed by atoms with Gasteiger partial charge in [-0.2, -0.15) is 0 Å². The zero-order valence-corrected chi connectivity index (χ0v) is 12.2. The molecule has 1 atom stereocenters. The van der Waals surface area contributed by atoms with E-state index in [1.54, 1.807) is 0 Å². The van der Waals surface area contributed by atoms with Gasteiger partial charge in [0.25, 0.3) is 5.69 Å². The van der Waals surface area contributed by atoms with Gasteiger partial charge >= 0.3 is 5.97 Å². The molecule has 0 radical (unpaired) electrons. The van der Waals surface area contributed by atoms with Crippen LogP contribution in [-0.4, -0.2) is 22.0 Å². The molecule has 7 nitrogen and oxygen atoms in total. The first-order valence-electron chi connectivity index (χ1n) is 5.72. The van der Waals surface area contributed by atoms with Crippen LogP contribution in [0.5, 0.6) is 0 Å². The van der Waals surface area contributed by atoms with Crippen LogP contribution in [0, 0.1) is 16.0 Å². The third-order valence-corrected chi connectivity index (χ3v) is 2.15. The second kappa shape index (κ2) is 9.99. The Bertz CT molecular complexity index is 423. The third kappa shape index (κ3) is 9.12. The number of nitro groups is 1. The molecule has 0 aliphatic rings. The normalized spacial score (nSPS) is 10.8. The molecule has 1 rings (SSSR count). The minimum Gasteiger partial charge on any atom is -0.480 e. The molecule has 0 aliphatic heterocycles. The molecule has 114 valence electrons. The van der Waals surface area contributed by atoms with Crippen molar-refractivity contribution in [3.63, 3.8) is 0 Å². The first kappa shape index (κ1) is 20.5. The second-order valence-corrected chi connectivity index (χ2v) is 4.42. The number of benzene rings is 1. The van der Waals surface area contributed by atoms with Crippen molar-refractivity contribution in [2.75, 3.05) is 5.73 Å². The smallest absolute Gasteiger partial charge is 0.320 e. The Labute approximate surface area is 123 Å². The van der Waals surface area contributed by atoms with Crippen LogP contribution in [0.25, 0.3) is 0 Å². The van der Waals surface area contributed by atoms with E-state index in [0.717, 1.165) is 0 Å². The molecule has 0 bridgehead atoms. The van der Waals surface area contributed by atoms with Gasteiger partial charge in [0.1, 0.15) is 6.04 Å². The molecule has 0 saturated carbocycles. The van der Waals surface area contributed by atoms with Crippen LogP contribution in [0.1, 0.15) is 20.3 Å². The number of anilines is 1. The summed E-state index contributed by atoms with van der Waals surface area (Å²) in [4.78, 5) is 19.7. The molecular weight excluding hydrogens is 286 g/mol. The van der Waals surface area contributed by atoms with Crippen molar-refractivity contribution < 1.29 is 14.8 Å². The number of aliphatic carboxylic acids is 1. The van der Waals surface area contributed by atoms with Gasteiger partial charge < -0.3 is 16.6 Å². The topological polar surface area (TPSA) is 132 Å². The van der Waals surface area contributed by atoms with Crippen LogP contribution >= 0.6 is 12.4 Å². The number of nitrogen functional groups attached to an aromatic ring is 1. The molecule has 0 heterocycles. The summed E-state index contributed by atoms with van der Waals surface area (Å²) in [6, 6.07) is 5.05. The molecular formula is C12H20ClN3O4. The van der Waals surface area contributed by atoms with E-state index in [2.05, 4.69) is 0 Å². The summed E-state index contributed by atoms with van der Waals surface area (Å²) < 4.78 is 0. The number of non-ortho nitro benzene ring substituents is 1. The van der Waals surface area contributed by atoms with E-state index in [-0.39, 0.29) is 18.1 Å². The Morgan fingerprint density at radius 2 is 1.80 bits per heavy atom. The van der Waals surface area contributed by atoms with E-state index in [1.165, 1.54) is 24.3 Å². The minimum absolute atomic E-state index is 0. The number of carboxylic acids is 1. The number of rotatable bonds is 4. The zero-order valence-electron chi connectivity index (χ0n) is 11.4. The second-order valence-electron chi connectivity index (χ2n) is 4.42. The van der Waals surface area contributed by atoms with Crippen molar-refractivity contribution in [2.45, 2.75) is 26.3 Å². The molecule has 1 aromatic rings. The van der Waals surface area contributed by atoms with E-state index in [4.69, 9.17) is 16.6 Å². The van der Waals surface area contributed by atoms with E-state index in [0.29, 0.717) is 18.0 Å². The Morgan fingerprint density at radius 3 is 2.05 bits per heavy atom. The molecule has 1 unspecified atom stereocenters. The molecule has 0 spiro atoms. The van der Waals surface area contributed by atoms with Gasteiger partial charge in [-0.05, 0) is 24.5 Å². The Kier molecular flexibility index (Phi) is 10.2. The maximum Gasteiger partial charge on any atom is 0.320 e. The van der Waals surface area contributed by atoms with E-state index in [1.807, 2.05) is 13.8 Å². The minimum atomic E-state index is -0.913. The molecule has 0 aromatic heterocycles. The summed E-state index contributed by atoms with van der Waals surface area (Å²) in [5.41, 5.74) is 11.1. The van der Waals surface area contributed by atoms with Gasteiger partial charge in [-0.3, -0.25) is 14.9 Å². The third-order valence-electron chi connectivity index (χ3n) is 2.15. The highest BCUT2D eigenvalue weighted by atomic mass is 35.5. The maximum atomic E-state index is 10.1. The highest BCUT2D eigenvalue weighted by Crippen LogP contribution is 2.12. The fourth-order valence-corrected chi connectivity index (χ4v) is 1.20. The number of hydrogen-bond donors (Lipinski definition) is 3. The van der Waals surface area contributed by atoms with E-state index in [9.17, 15) is 14.9 Å². The van der Waals surface area contributed by atoms with E-state index >= 15 is 0 Å². The van der Waals surface area contributed by atoms with Crippen LogP contribution < -0.4 is 11.5 Å². The Morgan fingerprint density at radius 1 is 1.35 bits per heavy atom. The van der Waals surface area contributed by atoms with Gasteiger partial charge in [-0.1, -0.05) is 13.8 Å². The van der Waals surface area contributed by atoms with Crippen LogP contribution in [0.2, 0.25) is 0 Å². The lowest BCUT2D eigenvalue weighted by atomic mass is 10.1. The molecule has 20 heavy (non-hydrogen) atoms. The van der Waals surface area contributed by atoms with Crippen LogP contribution in [0.3, 0.4) is 0 Å². The van der Waals surface area contributed by atoms with Gasteiger partial charge in [0, 0.05) is 17.8 Å². The number of carbonyl (C=O) groups is 1. The zero-order chi connectivity index (χ0) is 15.0. The Hall–Kier alpha value is -1.86. The quantitative estimate of drug-likeness (QED) is 0.443. The number of nitrogens with two attached hydrogens (primary N) is 2. The molecule has 8 heteroatoms. The summed E-state index contributed by atoms with van der Waals surface area (Å²) in [7, 11) is 0. The number of hydrogen-bond acceptors (Lipinski definition) is 5. The average molecular weight is 306 g/mol. The van der Waals surface area contributed by atoms with Crippen LogP contribution in [0.4, 0.5) is 11.4 Å². The summed E-state index contributed by atoms with van der Waals surface area (Å²) in [5, 5.41) is 18.4. The van der Waals surface area contributed by atoms with Gasteiger partial charge in [0.2, 0.25) is 0 Å². The lowest BCUT2D eigenvalue weighted by Gasteiger charge is -2.07. The van der Waals surface area contributed by atoms with Crippen molar-refractivity contribution in [1.29, 1.82) is 0 Å². The maximum absolute atomic E-state index is 10.1. The SMILES string of the molecule is CC(C)CC(N)C(=O)O.Cl.Nc1ccc([N+](=O)[O-])cc1. The van der Waals surface area contributed by atoms with Crippen molar-refractivity contribution in [3.8, 4) is 0 Å². The van der Waals surface area contributed by atoms with E-state index < -0.39 is 16.9 Å². The summed E-state index contributed by atoms with van der Waals surface area (Å²) >= 11 is 0. The monoisotopic (exact) mass is 305 g/mol. The largest absolute Gasteiger partial charge is 0.480 e. The molecule has 0 aliphatic carbocycles. The number of carboxylic acid groups (broad SMARTS) is 1. The molecule has 0 fully saturated rings. The highest BCUT2D eigenvalue weighted by molar-refractivity contribution is 5.85. The van der Waals surface area contributed by atoms with Crippen LogP contribution in [0.15, 0.2) is 24.3 Å². The lowest BCUT2D eigenvalue weighted by molar-refractivity contribution is -0.384. The van der Waals surface area contributed by atoms with Crippen molar-refractivity contribution in [1.82, 2.24) is 0 Å². The van der Waals surface area contributed by atoms with Gasteiger partial charge in [0.05, 0.1) is 4.92 Å². The summed E-state index contributed by atoms with van der Waals surface area (Å²) in [6.07, 6.45) is 0.551. The standard InChI is InChI=1S/C6H6N2O2.C6H13NO2.ClH/c7-5-1-3-6(4-2-5)8(9)10;1-4(2)3-5(7)6(8)9;/h1-4H,7H2;4-5H,3,7H2,1-2H3,(H,8,9);1H. The lowest BCUT2D eigenvalue weighted by Crippen LogP contribution is -2.31. The van der Waals surface area contributed by atoms with Gasteiger partial charge in [-0.25, -0.2) is 0 Å². The van der Waals surface area contributed by atoms with Crippen molar-refractivity contribution >= 4 is 29.8 Å². The number of nitrogens with zero attached hydrogens (tertiary/aromatic N) is 1. The molecule has 1 aromatic carbocycles. The fraction of sp³-hybridized carbons (Fsp3) is 0.417. The summed E-state index contributed by atoms with van der Waals surface area (Å²) in [6.45, 7) is 3.89. The molecule has 0 amide bonds. The average Bonchev–Trinajstić information content (AvgIpc) is 2.29. The van der Waals surface area contributed by atoms with Gasteiger partial charge in [0.15, 0.2) is 0 Å². The first-order valence-corrected chi connectivity index (χ1v) is 5.72. The number of halogens is 1. The highest BCUT2D eigenvalue weighted by Gasteiger charge is 2.11. The van der Waals surface area contributed by atoms with Crippen molar-refractivity contribution in [2.24, 2.45) is 11.7 Å². The van der Waals surface area contributed by atoms with Crippen LogP contribution in [-0.2, 0) is 4.79 Å². The summed E-state index contributed by atoms with van der Waals surface area (Å²) in [5.74, 6) is -0.556. The Balaban J connectivity index is 0. The molecule has 5 N–H and O–H groups in total. The first-order chi connectivity index (χ1) is 8.73. The predicted molar refractivity (Wildman–Crippen MR) is 79.8 cm³/mol. The van der Waals surface area contributed by atoms with Gasteiger partial charge in [-0.15, -0.1) is 12.4 Å². The molecule has 0 saturated heterocycles. The van der Waals surface area contributed by atoms with Crippen molar-refractivity contribution in [3.05, 3.63) is 34.4 Å². The predicted octanol–water partition coefficient (Wildman–Crippen LogP) is 2.04. The number of nitro benzene ring substituents is 1. The fourth-order valence-electron chi connectivity index (χ4n) is 1.20.